The van der Waals surface area contributed by atoms with Gasteiger partial charge in [-0.3, -0.25) is 0 Å². The first-order valence-electron chi connectivity index (χ1n) is 7.14. The summed E-state index contributed by atoms with van der Waals surface area (Å²) in [6.07, 6.45) is 0.806. The van der Waals surface area contributed by atoms with Crippen LogP contribution < -0.4 is 15.2 Å². The summed E-state index contributed by atoms with van der Waals surface area (Å²) >= 11 is 0. The number of benzene rings is 1. The fourth-order valence-electron chi connectivity index (χ4n) is 2.93. The number of ether oxygens (including phenoxy) is 2. The van der Waals surface area contributed by atoms with Crippen LogP contribution in [0.25, 0.3) is 0 Å². The van der Waals surface area contributed by atoms with Gasteiger partial charge in [0.25, 0.3) is 0 Å². The highest BCUT2D eigenvalue weighted by atomic mass is 32.2. The second-order valence-electron chi connectivity index (χ2n) is 5.57. The maximum atomic E-state index is 12.8. The fraction of sp³-hybridized carbons (Fsp3) is 0.571. The van der Waals surface area contributed by atoms with Crippen molar-refractivity contribution >= 4 is 10.0 Å². The van der Waals surface area contributed by atoms with E-state index < -0.39 is 10.0 Å². The SMILES string of the molecule is CC1CC(CN)CN1S(=O)(=O)c1ccc2c(c1)OCCO2. The van der Waals surface area contributed by atoms with Gasteiger partial charge in [0.15, 0.2) is 11.5 Å². The molecule has 2 aliphatic heterocycles. The van der Waals surface area contributed by atoms with Crippen molar-refractivity contribution in [2.75, 3.05) is 26.3 Å². The molecular formula is C14H20N2O4S. The fourth-order valence-corrected chi connectivity index (χ4v) is 4.67. The second-order valence-corrected chi connectivity index (χ2v) is 7.46. The Labute approximate surface area is 124 Å². The Hall–Kier alpha value is -1.31. The van der Waals surface area contributed by atoms with Crippen molar-refractivity contribution in [1.29, 1.82) is 0 Å². The molecule has 2 N–H and O–H groups in total. The molecule has 0 bridgehead atoms. The molecule has 1 aromatic rings. The Bertz CT molecular complexity index is 632. The van der Waals surface area contributed by atoms with Crippen LogP contribution in [0, 0.1) is 5.92 Å². The molecule has 0 aromatic heterocycles. The first-order chi connectivity index (χ1) is 10.0. The standard InChI is InChI=1S/C14H20N2O4S/c1-10-6-11(8-15)9-16(10)21(17,18)12-2-3-13-14(7-12)20-5-4-19-13/h2-3,7,10-11H,4-6,8-9,15H2,1H3. The first kappa shape index (κ1) is 14.6. The molecule has 0 radical (unpaired) electrons. The van der Waals surface area contributed by atoms with Gasteiger partial charge in [-0.25, -0.2) is 8.42 Å². The third kappa shape index (κ3) is 2.61. The van der Waals surface area contributed by atoms with Crippen LogP contribution in [0.5, 0.6) is 11.5 Å². The van der Waals surface area contributed by atoms with E-state index in [1.807, 2.05) is 6.92 Å². The van der Waals surface area contributed by atoms with Crippen LogP contribution >= 0.6 is 0 Å². The van der Waals surface area contributed by atoms with E-state index in [1.54, 1.807) is 18.2 Å². The van der Waals surface area contributed by atoms with E-state index in [9.17, 15) is 8.42 Å². The monoisotopic (exact) mass is 312 g/mol. The zero-order chi connectivity index (χ0) is 15.0. The largest absolute Gasteiger partial charge is 0.486 e. The second kappa shape index (κ2) is 5.47. The molecule has 116 valence electrons. The summed E-state index contributed by atoms with van der Waals surface area (Å²) in [6.45, 7) is 3.84. The minimum Gasteiger partial charge on any atom is -0.486 e. The van der Waals surface area contributed by atoms with Crippen molar-refractivity contribution in [3.8, 4) is 11.5 Å². The summed E-state index contributed by atoms with van der Waals surface area (Å²) < 4.78 is 38.0. The summed E-state index contributed by atoms with van der Waals surface area (Å²) in [4.78, 5) is 0.247. The van der Waals surface area contributed by atoms with E-state index >= 15 is 0 Å². The van der Waals surface area contributed by atoms with Crippen molar-refractivity contribution < 1.29 is 17.9 Å². The zero-order valence-corrected chi connectivity index (χ0v) is 12.8. The molecule has 21 heavy (non-hydrogen) atoms. The lowest BCUT2D eigenvalue weighted by Gasteiger charge is -2.23. The van der Waals surface area contributed by atoms with Crippen LogP contribution in [0.1, 0.15) is 13.3 Å². The molecular weight excluding hydrogens is 292 g/mol. The third-order valence-corrected chi connectivity index (χ3v) is 6.03. The lowest BCUT2D eigenvalue weighted by Crippen LogP contribution is -2.34. The molecule has 2 heterocycles. The van der Waals surface area contributed by atoms with Crippen molar-refractivity contribution in [2.45, 2.75) is 24.3 Å². The van der Waals surface area contributed by atoms with E-state index in [0.29, 0.717) is 37.8 Å². The maximum Gasteiger partial charge on any atom is 0.243 e. The van der Waals surface area contributed by atoms with Crippen LogP contribution in [0.2, 0.25) is 0 Å². The van der Waals surface area contributed by atoms with Crippen molar-refractivity contribution in [1.82, 2.24) is 4.31 Å². The molecule has 1 aromatic carbocycles. The van der Waals surface area contributed by atoms with Crippen LogP contribution in [-0.2, 0) is 10.0 Å². The Kier molecular flexibility index (Phi) is 3.81. The predicted molar refractivity (Wildman–Crippen MR) is 77.9 cm³/mol. The number of nitrogens with two attached hydrogens (primary N) is 1. The van der Waals surface area contributed by atoms with E-state index in [2.05, 4.69) is 0 Å². The normalized spacial score (nSPS) is 26.0. The van der Waals surface area contributed by atoms with Crippen molar-refractivity contribution in [3.05, 3.63) is 18.2 Å². The molecule has 0 aliphatic carbocycles. The van der Waals surface area contributed by atoms with Gasteiger partial charge >= 0.3 is 0 Å². The first-order valence-corrected chi connectivity index (χ1v) is 8.58. The van der Waals surface area contributed by atoms with Gasteiger partial charge in [-0.15, -0.1) is 0 Å². The average molecular weight is 312 g/mol. The van der Waals surface area contributed by atoms with Gasteiger partial charge in [-0.1, -0.05) is 0 Å². The van der Waals surface area contributed by atoms with E-state index in [4.69, 9.17) is 15.2 Å². The van der Waals surface area contributed by atoms with Crippen LogP contribution in [-0.4, -0.2) is 45.1 Å². The summed E-state index contributed by atoms with van der Waals surface area (Å²) in [6, 6.07) is 4.75. The van der Waals surface area contributed by atoms with E-state index in [0.717, 1.165) is 6.42 Å². The molecule has 6 nitrogen and oxygen atoms in total. The molecule has 0 amide bonds. The smallest absolute Gasteiger partial charge is 0.243 e. The van der Waals surface area contributed by atoms with Gasteiger partial charge in [-0.05, 0) is 37.9 Å². The molecule has 3 rings (SSSR count). The molecule has 2 atom stereocenters. The third-order valence-electron chi connectivity index (χ3n) is 4.06. The highest BCUT2D eigenvalue weighted by Gasteiger charge is 2.37. The Balaban J connectivity index is 1.91. The summed E-state index contributed by atoms with van der Waals surface area (Å²) in [7, 11) is -3.52. The van der Waals surface area contributed by atoms with E-state index in [-0.39, 0.29) is 16.9 Å². The van der Waals surface area contributed by atoms with Crippen LogP contribution in [0.4, 0.5) is 0 Å². The quantitative estimate of drug-likeness (QED) is 0.893. The molecule has 7 heteroatoms. The van der Waals surface area contributed by atoms with Gasteiger partial charge < -0.3 is 15.2 Å². The van der Waals surface area contributed by atoms with Gasteiger partial charge in [-0.2, -0.15) is 4.31 Å². The van der Waals surface area contributed by atoms with Gasteiger partial charge in [0.05, 0.1) is 4.90 Å². The molecule has 1 saturated heterocycles. The molecule has 2 unspecified atom stereocenters. The summed E-state index contributed by atoms with van der Waals surface area (Å²) in [5.41, 5.74) is 5.67. The minimum atomic E-state index is -3.52. The topological polar surface area (TPSA) is 81.9 Å². The van der Waals surface area contributed by atoms with Gasteiger partial charge in [0.1, 0.15) is 13.2 Å². The van der Waals surface area contributed by atoms with Crippen molar-refractivity contribution in [2.24, 2.45) is 11.7 Å². The highest BCUT2D eigenvalue weighted by molar-refractivity contribution is 7.89. The number of hydrogen-bond donors (Lipinski definition) is 1. The summed E-state index contributed by atoms with van der Waals surface area (Å²) in [5.74, 6) is 1.31. The lowest BCUT2D eigenvalue weighted by molar-refractivity contribution is 0.171. The molecule has 0 spiro atoms. The number of rotatable bonds is 3. The summed E-state index contributed by atoms with van der Waals surface area (Å²) in [5, 5.41) is 0. The number of hydrogen-bond acceptors (Lipinski definition) is 5. The Morgan fingerprint density at radius 1 is 1.29 bits per heavy atom. The minimum absolute atomic E-state index is 0.0308. The van der Waals surface area contributed by atoms with E-state index in [1.165, 1.54) is 4.31 Å². The molecule has 2 aliphatic rings. The number of sulfonamides is 1. The highest BCUT2D eigenvalue weighted by Crippen LogP contribution is 2.35. The van der Waals surface area contributed by atoms with Gasteiger partial charge in [0.2, 0.25) is 10.0 Å². The number of fused-ring (bicyclic) bond motifs is 1. The zero-order valence-electron chi connectivity index (χ0n) is 12.0. The molecule has 0 saturated carbocycles. The Morgan fingerprint density at radius 3 is 2.67 bits per heavy atom. The molecule has 1 fully saturated rings. The van der Waals surface area contributed by atoms with Gasteiger partial charge in [0, 0.05) is 18.7 Å². The number of nitrogens with zero attached hydrogens (tertiary/aromatic N) is 1. The maximum absolute atomic E-state index is 12.8. The Morgan fingerprint density at radius 2 is 2.00 bits per heavy atom. The van der Waals surface area contributed by atoms with Crippen LogP contribution in [0.15, 0.2) is 23.1 Å². The average Bonchev–Trinajstić information content (AvgIpc) is 2.88. The predicted octanol–water partition coefficient (Wildman–Crippen LogP) is 0.816. The lowest BCUT2D eigenvalue weighted by atomic mass is 10.1. The van der Waals surface area contributed by atoms with Crippen molar-refractivity contribution in [3.63, 3.8) is 0 Å². The van der Waals surface area contributed by atoms with Crippen LogP contribution in [0.3, 0.4) is 0 Å².